The van der Waals surface area contributed by atoms with Crippen LogP contribution in [0.1, 0.15) is 56.0 Å². The Kier molecular flexibility index (Phi) is 8.73. The van der Waals surface area contributed by atoms with Crippen LogP contribution in [-0.2, 0) is 0 Å². The molecule has 0 saturated carbocycles. The van der Waals surface area contributed by atoms with Gasteiger partial charge in [-0.1, -0.05) is 32.9 Å². The van der Waals surface area contributed by atoms with Gasteiger partial charge in [-0.05, 0) is 67.4 Å². The van der Waals surface area contributed by atoms with Crippen molar-refractivity contribution in [1.82, 2.24) is 10.9 Å². The lowest BCUT2D eigenvalue weighted by atomic mass is 10.0. The normalized spacial score (nSPS) is 10.4. The molecule has 7 heteroatoms. The molecule has 2 rings (SSSR count). The number of ether oxygens (including phenoxy) is 2. The summed E-state index contributed by atoms with van der Waals surface area (Å²) in [4.78, 5) is 12.4. The van der Waals surface area contributed by atoms with Crippen molar-refractivity contribution in [2.24, 2.45) is 0 Å². The zero-order valence-electron chi connectivity index (χ0n) is 17.4. The van der Waals surface area contributed by atoms with Gasteiger partial charge in [0.15, 0.2) is 16.6 Å². The molecule has 156 valence electrons. The third kappa shape index (κ3) is 6.94. The van der Waals surface area contributed by atoms with Gasteiger partial charge in [0, 0.05) is 11.3 Å². The Labute approximate surface area is 178 Å². The van der Waals surface area contributed by atoms with Crippen LogP contribution in [0, 0.1) is 0 Å². The van der Waals surface area contributed by atoms with Gasteiger partial charge in [0.25, 0.3) is 5.91 Å². The van der Waals surface area contributed by atoms with Crippen LogP contribution in [0.2, 0.25) is 0 Å². The van der Waals surface area contributed by atoms with Crippen LogP contribution in [0.4, 0.5) is 5.69 Å². The first kappa shape index (κ1) is 22.5. The van der Waals surface area contributed by atoms with Crippen LogP contribution in [0.25, 0.3) is 0 Å². The zero-order chi connectivity index (χ0) is 21.2. The number of carbonyl (C=O) groups is 1. The maximum Gasteiger partial charge on any atom is 0.269 e. The molecule has 2 aromatic carbocycles. The second-order valence-electron chi connectivity index (χ2n) is 6.75. The largest absolute Gasteiger partial charge is 0.490 e. The average Bonchev–Trinajstić information content (AvgIpc) is 2.71. The van der Waals surface area contributed by atoms with Crippen LogP contribution < -0.4 is 25.6 Å². The fraction of sp³-hybridized carbons (Fsp3) is 0.364. The molecule has 0 heterocycles. The summed E-state index contributed by atoms with van der Waals surface area (Å²) in [5, 5.41) is 3.33. The van der Waals surface area contributed by atoms with E-state index in [-0.39, 0.29) is 5.91 Å². The number of hydrazine groups is 1. The van der Waals surface area contributed by atoms with Crippen LogP contribution in [0.15, 0.2) is 42.5 Å². The molecule has 0 saturated heterocycles. The van der Waals surface area contributed by atoms with Crippen molar-refractivity contribution in [2.75, 3.05) is 18.5 Å². The first-order valence-electron chi connectivity index (χ1n) is 9.81. The van der Waals surface area contributed by atoms with E-state index in [1.165, 1.54) is 5.56 Å². The summed E-state index contributed by atoms with van der Waals surface area (Å²) in [6.07, 6.45) is 0.891. The monoisotopic (exact) mass is 415 g/mol. The van der Waals surface area contributed by atoms with E-state index in [1.807, 2.05) is 38.1 Å². The molecular formula is C22H29N3O3S. The van der Waals surface area contributed by atoms with Gasteiger partial charge < -0.3 is 14.8 Å². The standard InChI is InChI=1S/C22H29N3O3S/c1-5-13-28-19-12-9-17(14-20(19)27-6-2)21(26)24-25-22(29)23-18-10-7-16(8-11-18)15(3)4/h7-12,14-15H,5-6,13H2,1-4H3,(H,24,26)(H2,23,25,29). The van der Waals surface area contributed by atoms with Crippen molar-refractivity contribution >= 4 is 28.9 Å². The number of benzene rings is 2. The molecule has 0 fully saturated rings. The summed E-state index contributed by atoms with van der Waals surface area (Å²) in [6.45, 7) is 9.27. The Bertz CT molecular complexity index is 823. The predicted molar refractivity (Wildman–Crippen MR) is 121 cm³/mol. The van der Waals surface area contributed by atoms with Crippen molar-refractivity contribution in [3.8, 4) is 11.5 Å². The summed E-state index contributed by atoms with van der Waals surface area (Å²) in [6, 6.07) is 13.1. The Morgan fingerprint density at radius 1 is 1.00 bits per heavy atom. The van der Waals surface area contributed by atoms with Gasteiger partial charge in [-0.2, -0.15) is 0 Å². The highest BCUT2D eigenvalue weighted by atomic mass is 32.1. The highest BCUT2D eigenvalue weighted by molar-refractivity contribution is 7.80. The second kappa shape index (κ2) is 11.3. The lowest BCUT2D eigenvalue weighted by molar-refractivity contribution is 0.0943. The quantitative estimate of drug-likeness (QED) is 0.431. The second-order valence-corrected chi connectivity index (χ2v) is 7.16. The van der Waals surface area contributed by atoms with E-state index in [4.69, 9.17) is 21.7 Å². The molecule has 0 bridgehead atoms. The highest BCUT2D eigenvalue weighted by Crippen LogP contribution is 2.28. The SMILES string of the molecule is CCCOc1ccc(C(=O)NNC(=S)Nc2ccc(C(C)C)cc2)cc1OCC. The number of thiocarbonyl (C=S) groups is 1. The van der Waals surface area contributed by atoms with E-state index < -0.39 is 0 Å². The number of hydrogen-bond donors (Lipinski definition) is 3. The zero-order valence-corrected chi connectivity index (χ0v) is 18.2. The maximum atomic E-state index is 12.4. The molecule has 0 atom stereocenters. The molecule has 0 unspecified atom stereocenters. The van der Waals surface area contributed by atoms with E-state index in [1.54, 1.807) is 18.2 Å². The molecule has 0 aromatic heterocycles. The van der Waals surface area contributed by atoms with Crippen LogP contribution >= 0.6 is 12.2 Å². The molecule has 0 aliphatic rings. The maximum absolute atomic E-state index is 12.4. The Hall–Kier alpha value is -2.80. The van der Waals surface area contributed by atoms with E-state index >= 15 is 0 Å². The third-order valence-corrected chi connectivity index (χ3v) is 4.30. The highest BCUT2D eigenvalue weighted by Gasteiger charge is 2.12. The number of rotatable bonds is 8. The number of carbonyl (C=O) groups excluding carboxylic acids is 1. The van der Waals surface area contributed by atoms with Crippen molar-refractivity contribution in [3.05, 3.63) is 53.6 Å². The predicted octanol–water partition coefficient (Wildman–Crippen LogP) is 4.63. The number of hydrogen-bond acceptors (Lipinski definition) is 4. The lowest BCUT2D eigenvalue weighted by Crippen LogP contribution is -2.43. The minimum atomic E-state index is -0.327. The van der Waals surface area contributed by atoms with Crippen molar-refractivity contribution in [1.29, 1.82) is 0 Å². The van der Waals surface area contributed by atoms with E-state index in [0.29, 0.717) is 41.3 Å². The first-order chi connectivity index (χ1) is 13.9. The molecule has 0 spiro atoms. The van der Waals surface area contributed by atoms with E-state index in [0.717, 1.165) is 12.1 Å². The van der Waals surface area contributed by atoms with Gasteiger partial charge >= 0.3 is 0 Å². The smallest absolute Gasteiger partial charge is 0.269 e. The van der Waals surface area contributed by atoms with Gasteiger partial charge in [-0.25, -0.2) is 0 Å². The average molecular weight is 416 g/mol. The fourth-order valence-corrected chi connectivity index (χ4v) is 2.72. The molecular weight excluding hydrogens is 386 g/mol. The Morgan fingerprint density at radius 2 is 1.72 bits per heavy atom. The van der Waals surface area contributed by atoms with E-state index in [2.05, 4.69) is 30.0 Å². The Morgan fingerprint density at radius 3 is 2.34 bits per heavy atom. The molecule has 3 N–H and O–H groups in total. The van der Waals surface area contributed by atoms with Crippen molar-refractivity contribution in [2.45, 2.75) is 40.0 Å². The first-order valence-corrected chi connectivity index (χ1v) is 10.2. The number of nitrogens with one attached hydrogen (secondary N) is 3. The summed E-state index contributed by atoms with van der Waals surface area (Å²) in [7, 11) is 0. The molecule has 0 radical (unpaired) electrons. The van der Waals surface area contributed by atoms with Crippen LogP contribution in [-0.4, -0.2) is 24.2 Å². The molecule has 0 aliphatic heterocycles. The summed E-state index contributed by atoms with van der Waals surface area (Å²) in [5.74, 6) is 1.31. The number of anilines is 1. The molecule has 6 nitrogen and oxygen atoms in total. The van der Waals surface area contributed by atoms with Gasteiger partial charge in [0.2, 0.25) is 0 Å². The van der Waals surface area contributed by atoms with Crippen LogP contribution in [0.3, 0.4) is 0 Å². The third-order valence-electron chi connectivity index (χ3n) is 4.09. The van der Waals surface area contributed by atoms with Crippen molar-refractivity contribution < 1.29 is 14.3 Å². The fourth-order valence-electron chi connectivity index (χ4n) is 2.55. The van der Waals surface area contributed by atoms with Gasteiger partial charge in [-0.3, -0.25) is 15.6 Å². The van der Waals surface area contributed by atoms with E-state index in [9.17, 15) is 4.79 Å². The minimum Gasteiger partial charge on any atom is -0.490 e. The molecule has 2 aromatic rings. The topological polar surface area (TPSA) is 71.6 Å². The lowest BCUT2D eigenvalue weighted by Gasteiger charge is -2.14. The summed E-state index contributed by atoms with van der Waals surface area (Å²) >= 11 is 5.24. The molecule has 29 heavy (non-hydrogen) atoms. The summed E-state index contributed by atoms with van der Waals surface area (Å²) in [5.41, 5.74) is 7.84. The minimum absolute atomic E-state index is 0.295. The van der Waals surface area contributed by atoms with Gasteiger partial charge in [0.1, 0.15) is 0 Å². The molecule has 1 amide bonds. The number of amides is 1. The Balaban J connectivity index is 1.93. The van der Waals surface area contributed by atoms with Crippen molar-refractivity contribution in [3.63, 3.8) is 0 Å². The molecule has 0 aliphatic carbocycles. The van der Waals surface area contributed by atoms with Crippen LogP contribution in [0.5, 0.6) is 11.5 Å². The summed E-state index contributed by atoms with van der Waals surface area (Å²) < 4.78 is 11.3. The van der Waals surface area contributed by atoms with Gasteiger partial charge in [0.05, 0.1) is 13.2 Å². The van der Waals surface area contributed by atoms with Gasteiger partial charge in [-0.15, -0.1) is 0 Å².